The normalized spacial score (nSPS) is 17.9. The molecule has 88 valence electrons. The number of nitrogen functional groups attached to an aromatic ring is 1. The molecule has 0 saturated heterocycles. The molecule has 3 heteroatoms. The van der Waals surface area contributed by atoms with Crippen LogP contribution in [0.5, 0.6) is 0 Å². The van der Waals surface area contributed by atoms with Gasteiger partial charge in [0.15, 0.2) is 0 Å². The van der Waals surface area contributed by atoms with Gasteiger partial charge in [-0.2, -0.15) is 0 Å². The van der Waals surface area contributed by atoms with Gasteiger partial charge in [-0.05, 0) is 43.9 Å². The van der Waals surface area contributed by atoms with E-state index >= 15 is 0 Å². The standard InChI is InChI=1S/C13H20N2O/c1-10-4-5-11(14)12(8-10)15-9-13(16-2)6-3-7-13/h4-5,8,15H,3,6-7,9,14H2,1-2H3. The van der Waals surface area contributed by atoms with Gasteiger partial charge in [0.25, 0.3) is 0 Å². The minimum Gasteiger partial charge on any atom is -0.397 e. The minimum atomic E-state index is 0.0379. The molecule has 0 aromatic heterocycles. The molecule has 0 atom stereocenters. The van der Waals surface area contributed by atoms with Crippen molar-refractivity contribution in [3.05, 3.63) is 23.8 Å². The lowest BCUT2D eigenvalue weighted by Gasteiger charge is -2.40. The molecule has 0 spiro atoms. The van der Waals surface area contributed by atoms with Crippen LogP contribution in [0.1, 0.15) is 24.8 Å². The van der Waals surface area contributed by atoms with Gasteiger partial charge >= 0.3 is 0 Å². The summed E-state index contributed by atoms with van der Waals surface area (Å²) in [6.07, 6.45) is 3.54. The molecular formula is C13H20N2O. The van der Waals surface area contributed by atoms with E-state index < -0.39 is 0 Å². The summed E-state index contributed by atoms with van der Waals surface area (Å²) >= 11 is 0. The van der Waals surface area contributed by atoms with E-state index in [0.717, 1.165) is 30.8 Å². The number of aryl methyl sites for hydroxylation is 1. The van der Waals surface area contributed by atoms with Gasteiger partial charge in [0.2, 0.25) is 0 Å². The van der Waals surface area contributed by atoms with Gasteiger partial charge in [0.05, 0.1) is 17.0 Å². The van der Waals surface area contributed by atoms with Crippen molar-refractivity contribution in [2.24, 2.45) is 0 Å². The lowest BCUT2D eigenvalue weighted by molar-refractivity contribution is -0.0601. The first-order chi connectivity index (χ1) is 7.65. The highest BCUT2D eigenvalue weighted by atomic mass is 16.5. The lowest BCUT2D eigenvalue weighted by atomic mass is 9.80. The fourth-order valence-electron chi connectivity index (χ4n) is 2.10. The molecule has 0 heterocycles. The van der Waals surface area contributed by atoms with Gasteiger partial charge in [0.1, 0.15) is 0 Å². The quantitative estimate of drug-likeness (QED) is 0.767. The van der Waals surface area contributed by atoms with Crippen LogP contribution in [0, 0.1) is 6.92 Å². The molecular weight excluding hydrogens is 200 g/mol. The number of anilines is 2. The second kappa shape index (κ2) is 4.34. The highest BCUT2D eigenvalue weighted by Crippen LogP contribution is 2.35. The first-order valence-electron chi connectivity index (χ1n) is 5.80. The maximum Gasteiger partial charge on any atom is 0.0850 e. The zero-order valence-corrected chi connectivity index (χ0v) is 10.0. The van der Waals surface area contributed by atoms with Crippen molar-refractivity contribution < 1.29 is 4.74 Å². The van der Waals surface area contributed by atoms with E-state index in [9.17, 15) is 0 Å². The number of hydrogen-bond acceptors (Lipinski definition) is 3. The van der Waals surface area contributed by atoms with Gasteiger partial charge < -0.3 is 15.8 Å². The van der Waals surface area contributed by atoms with Crippen LogP contribution in [0.3, 0.4) is 0 Å². The SMILES string of the molecule is COC1(CNc2cc(C)ccc2N)CCC1. The van der Waals surface area contributed by atoms with Crippen molar-refractivity contribution in [1.29, 1.82) is 0 Å². The molecule has 1 fully saturated rings. The summed E-state index contributed by atoms with van der Waals surface area (Å²) in [5, 5.41) is 3.40. The highest BCUT2D eigenvalue weighted by Gasteiger charge is 2.36. The van der Waals surface area contributed by atoms with E-state index in [1.165, 1.54) is 12.0 Å². The largest absolute Gasteiger partial charge is 0.397 e. The highest BCUT2D eigenvalue weighted by molar-refractivity contribution is 5.67. The van der Waals surface area contributed by atoms with E-state index in [4.69, 9.17) is 10.5 Å². The van der Waals surface area contributed by atoms with Crippen LogP contribution >= 0.6 is 0 Å². The van der Waals surface area contributed by atoms with Crippen molar-refractivity contribution in [3.8, 4) is 0 Å². The fraction of sp³-hybridized carbons (Fsp3) is 0.538. The smallest absolute Gasteiger partial charge is 0.0850 e. The Morgan fingerprint density at radius 3 is 2.75 bits per heavy atom. The maximum absolute atomic E-state index is 5.92. The zero-order valence-electron chi connectivity index (χ0n) is 10.0. The molecule has 1 aromatic carbocycles. The van der Waals surface area contributed by atoms with Gasteiger partial charge in [-0.1, -0.05) is 6.07 Å². The van der Waals surface area contributed by atoms with Crippen molar-refractivity contribution in [1.82, 2.24) is 0 Å². The maximum atomic E-state index is 5.92. The van der Waals surface area contributed by atoms with Gasteiger partial charge in [0, 0.05) is 13.7 Å². The second-order valence-electron chi connectivity index (χ2n) is 4.68. The molecule has 0 unspecified atom stereocenters. The second-order valence-corrected chi connectivity index (χ2v) is 4.68. The molecule has 1 aliphatic carbocycles. The molecule has 1 aromatic rings. The van der Waals surface area contributed by atoms with E-state index in [1.807, 2.05) is 12.1 Å². The molecule has 3 N–H and O–H groups in total. The third-order valence-electron chi connectivity index (χ3n) is 3.51. The molecule has 1 saturated carbocycles. The third kappa shape index (κ3) is 2.14. The summed E-state index contributed by atoms with van der Waals surface area (Å²) in [5.74, 6) is 0. The van der Waals surface area contributed by atoms with Crippen LogP contribution in [-0.2, 0) is 4.74 Å². The Bertz CT molecular complexity index is 367. The van der Waals surface area contributed by atoms with E-state index in [2.05, 4.69) is 18.3 Å². The van der Waals surface area contributed by atoms with Crippen LogP contribution in [0.25, 0.3) is 0 Å². The van der Waals surface area contributed by atoms with Crippen molar-refractivity contribution in [3.63, 3.8) is 0 Å². The van der Waals surface area contributed by atoms with Gasteiger partial charge in [-0.3, -0.25) is 0 Å². The number of nitrogens with one attached hydrogen (secondary N) is 1. The fourth-order valence-corrected chi connectivity index (χ4v) is 2.10. The van der Waals surface area contributed by atoms with Crippen LogP contribution in [0.15, 0.2) is 18.2 Å². The van der Waals surface area contributed by atoms with Crippen molar-refractivity contribution >= 4 is 11.4 Å². The van der Waals surface area contributed by atoms with Gasteiger partial charge in [-0.25, -0.2) is 0 Å². The van der Waals surface area contributed by atoms with E-state index in [-0.39, 0.29) is 5.60 Å². The summed E-state index contributed by atoms with van der Waals surface area (Å²) in [4.78, 5) is 0. The molecule has 0 aliphatic heterocycles. The molecule has 3 nitrogen and oxygen atoms in total. The Hall–Kier alpha value is -1.22. The minimum absolute atomic E-state index is 0.0379. The first-order valence-corrected chi connectivity index (χ1v) is 5.80. The number of nitrogens with two attached hydrogens (primary N) is 1. The monoisotopic (exact) mass is 220 g/mol. The molecule has 0 bridgehead atoms. The Labute approximate surface area is 97.0 Å². The number of ether oxygens (including phenoxy) is 1. The molecule has 16 heavy (non-hydrogen) atoms. The number of methoxy groups -OCH3 is 1. The van der Waals surface area contributed by atoms with E-state index in [1.54, 1.807) is 7.11 Å². The summed E-state index contributed by atoms with van der Waals surface area (Å²) < 4.78 is 5.56. The number of hydrogen-bond donors (Lipinski definition) is 2. The van der Waals surface area contributed by atoms with Gasteiger partial charge in [-0.15, -0.1) is 0 Å². The first kappa shape index (κ1) is 11.3. The summed E-state index contributed by atoms with van der Waals surface area (Å²) in [7, 11) is 1.79. The van der Waals surface area contributed by atoms with Crippen LogP contribution < -0.4 is 11.1 Å². The average Bonchev–Trinajstić information content (AvgIpc) is 2.22. The summed E-state index contributed by atoms with van der Waals surface area (Å²) in [5.41, 5.74) is 8.99. The Morgan fingerprint density at radius 2 is 2.19 bits per heavy atom. The number of rotatable bonds is 4. The topological polar surface area (TPSA) is 47.3 Å². The summed E-state index contributed by atoms with van der Waals surface area (Å²) in [6.45, 7) is 2.91. The Balaban J connectivity index is 2.01. The molecule has 2 rings (SSSR count). The third-order valence-corrected chi connectivity index (χ3v) is 3.51. The zero-order chi connectivity index (χ0) is 11.6. The van der Waals surface area contributed by atoms with E-state index in [0.29, 0.717) is 0 Å². The van der Waals surface area contributed by atoms with Crippen molar-refractivity contribution in [2.75, 3.05) is 24.7 Å². The average molecular weight is 220 g/mol. The molecule has 0 amide bonds. The van der Waals surface area contributed by atoms with Crippen LogP contribution in [-0.4, -0.2) is 19.3 Å². The predicted octanol–water partition coefficient (Wildman–Crippen LogP) is 2.56. The summed E-state index contributed by atoms with van der Waals surface area (Å²) in [6, 6.07) is 6.05. The molecule has 0 radical (unpaired) electrons. The van der Waals surface area contributed by atoms with Crippen LogP contribution in [0.4, 0.5) is 11.4 Å². The Kier molecular flexibility index (Phi) is 3.06. The van der Waals surface area contributed by atoms with Crippen molar-refractivity contribution in [2.45, 2.75) is 31.8 Å². The lowest BCUT2D eigenvalue weighted by Crippen LogP contribution is -2.45. The predicted molar refractivity (Wildman–Crippen MR) is 67.7 cm³/mol. The number of benzene rings is 1. The molecule has 1 aliphatic rings. The van der Waals surface area contributed by atoms with Crippen LogP contribution in [0.2, 0.25) is 0 Å². The Morgan fingerprint density at radius 1 is 1.44 bits per heavy atom.